The molecule has 0 aromatic carbocycles. The van der Waals surface area contributed by atoms with Crippen LogP contribution < -0.4 is 47.5 Å². The van der Waals surface area contributed by atoms with Gasteiger partial charge in [0.2, 0.25) is 0 Å². The molecule has 0 heterocycles. The van der Waals surface area contributed by atoms with Gasteiger partial charge in [-0.25, -0.2) is 0 Å². The molecule has 10 N–H and O–H groups in total. The van der Waals surface area contributed by atoms with E-state index >= 15 is 0 Å². The van der Waals surface area contributed by atoms with Crippen molar-refractivity contribution in [3.63, 3.8) is 0 Å². The van der Waals surface area contributed by atoms with Crippen LogP contribution in [0.3, 0.4) is 0 Å². The number of aliphatic carboxylic acids is 6. The van der Waals surface area contributed by atoms with Gasteiger partial charge < -0.3 is 70.4 Å². The summed E-state index contributed by atoms with van der Waals surface area (Å²) in [5.74, 6) is -9.49. The van der Waals surface area contributed by atoms with Crippen LogP contribution in [-0.2, 0) is 55.0 Å². The van der Waals surface area contributed by atoms with E-state index in [1.165, 1.54) is 0 Å². The molecule has 0 saturated heterocycles. The van der Waals surface area contributed by atoms with Crippen LogP contribution in [0.15, 0.2) is 0 Å². The summed E-state index contributed by atoms with van der Waals surface area (Å²) in [6.07, 6.45) is 0. The van der Waals surface area contributed by atoms with E-state index in [1.807, 2.05) is 0 Å². The number of carboxylic acids is 6. The summed E-state index contributed by atoms with van der Waals surface area (Å²) in [4.78, 5) is 61.2. The third-order valence-corrected chi connectivity index (χ3v) is 2.12. The second-order valence-electron chi connectivity index (χ2n) is 5.02. The predicted octanol–water partition coefficient (Wildman–Crippen LogP) is -15.9. The van der Waals surface area contributed by atoms with E-state index in [2.05, 4.69) is 16.9 Å². The van der Waals surface area contributed by atoms with Gasteiger partial charge in [-0.05, 0) is 0 Å². The molecule has 0 amide bonds. The van der Waals surface area contributed by atoms with Crippen molar-refractivity contribution in [1.82, 2.24) is 9.80 Å². The number of carbonyl (C=O) groups is 6. The summed E-state index contributed by atoms with van der Waals surface area (Å²) in [5, 5.41) is 64.5. The fourth-order valence-corrected chi connectivity index (χ4v) is 1.43. The van der Waals surface area contributed by atoms with Crippen LogP contribution in [0, 0.1) is 0 Å². The van der Waals surface area contributed by atoms with Gasteiger partial charge in [0.05, 0.1) is 35.8 Å². The van der Waals surface area contributed by atoms with E-state index in [1.54, 1.807) is 0 Å². The zero-order valence-corrected chi connectivity index (χ0v) is 24.3. The molecule has 19 nitrogen and oxygen atoms in total. The Kier molecular flexibility index (Phi) is 41.5. The largest absolute Gasteiger partial charge is 4.00 e. The first-order valence-electron chi connectivity index (χ1n) is 7.33. The van der Waals surface area contributed by atoms with Gasteiger partial charge >= 0.3 is 59.5 Å². The maximum Gasteiger partial charge on any atom is 4.00 e. The van der Waals surface area contributed by atoms with Gasteiger partial charge in [-0.1, -0.05) is 0 Å². The molecule has 0 bridgehead atoms. The Labute approximate surface area is 230 Å². The van der Waals surface area contributed by atoms with Gasteiger partial charge in [-0.15, -0.1) is 0 Å². The van der Waals surface area contributed by atoms with Crippen LogP contribution in [0.2, 0.25) is 0 Å². The van der Waals surface area contributed by atoms with Crippen LogP contribution in [0.1, 0.15) is 0 Å². The molecule has 188 valence electrons. The summed E-state index contributed by atoms with van der Waals surface area (Å²) in [6, 6.07) is 0. The van der Waals surface area contributed by atoms with E-state index in [0.29, 0.717) is 9.80 Å². The van der Waals surface area contributed by atoms with Crippen LogP contribution in [-0.4, -0.2) is 129 Å². The molecule has 34 heavy (non-hydrogen) atoms. The third kappa shape index (κ3) is 52.0. The number of carboxylic acid groups (broad SMARTS) is 6. The van der Waals surface area contributed by atoms with Gasteiger partial charge in [0.25, 0.3) is 0 Å². The van der Waals surface area contributed by atoms with Crippen molar-refractivity contribution in [3.8, 4) is 0 Å². The van der Waals surface area contributed by atoms with Crippen LogP contribution in [0.4, 0.5) is 0 Å². The molecule has 0 aromatic heterocycles. The number of rotatable bonds is 12. The smallest absolute Gasteiger partial charge is 0.549 e. The molecular weight excluding hydrogens is 746 g/mol. The van der Waals surface area contributed by atoms with Crippen LogP contribution in [0.25, 0.3) is 0 Å². The summed E-state index contributed by atoms with van der Waals surface area (Å²) in [7, 11) is 0. The minimum atomic E-state index is -1.57. The van der Waals surface area contributed by atoms with E-state index in [9.17, 15) is 59.4 Å². The average molecular weight is 768 g/mol. The first-order valence-corrected chi connectivity index (χ1v) is 7.33. The van der Waals surface area contributed by atoms with Crippen LogP contribution in [0.5, 0.6) is 0 Å². The van der Waals surface area contributed by atoms with Crippen molar-refractivity contribution in [2.24, 2.45) is 11.5 Å². The maximum absolute atomic E-state index is 9.99. The van der Waals surface area contributed by atoms with Crippen molar-refractivity contribution in [3.05, 3.63) is 0 Å². The molecule has 0 aliphatic heterocycles. The van der Waals surface area contributed by atoms with Gasteiger partial charge in [0.1, 0.15) is 0 Å². The minimum Gasteiger partial charge on any atom is -0.549 e. The summed E-state index contributed by atoms with van der Waals surface area (Å²) in [5.41, 5.74) is 9.17. The topological polar surface area (TPSA) is 388 Å². The number of guanidine groups is 1. The fourth-order valence-electron chi connectivity index (χ4n) is 1.43. The second kappa shape index (κ2) is 28.8. The average Bonchev–Trinajstić information content (AvgIpc) is 2.42. The molecule has 0 atom stereocenters. The molecule has 0 saturated carbocycles. The third-order valence-electron chi connectivity index (χ3n) is 2.12. The zero-order chi connectivity index (χ0) is 24.4. The first kappa shape index (κ1) is 49.0. The van der Waals surface area contributed by atoms with Crippen molar-refractivity contribution in [2.75, 3.05) is 39.3 Å². The quantitative estimate of drug-likeness (QED) is 0.0942. The molecule has 0 spiro atoms. The number of nitrogens with zero attached hydrogens (tertiary/aromatic N) is 2. The molecule has 21 heteroatoms. The predicted molar refractivity (Wildman–Crippen MR) is 91.2 cm³/mol. The summed E-state index contributed by atoms with van der Waals surface area (Å²) >= 11 is 0. The summed E-state index contributed by atoms with van der Waals surface area (Å²) < 4.78 is 0. The Morgan fingerprint density at radius 3 is 0.676 bits per heavy atom. The van der Waals surface area contributed by atoms with Crippen molar-refractivity contribution in [1.29, 1.82) is 0 Å². The van der Waals surface area contributed by atoms with E-state index in [0.717, 1.165) is 0 Å². The van der Waals surface area contributed by atoms with Crippen LogP contribution >= 0.6 is 0 Å². The zero-order valence-electron chi connectivity index (χ0n) is 17.3. The Morgan fingerprint density at radius 2 is 0.618 bits per heavy atom. The van der Waals surface area contributed by atoms with E-state index in [-0.39, 0.29) is 70.4 Å². The molecular formula is C13H22N5O14TlZr+2. The SMILES string of the molecule is NC(N)=[NH2+].O.O.O=C([O-])CN(CC(=O)[O-])CC(=O)[O-].O=C([O-])CN(CC(=O)[O-])CC(=O)[O-].[Tl+3].[Zr+4]. The Morgan fingerprint density at radius 1 is 0.529 bits per heavy atom. The number of nitrogens with two attached hydrogens (primary N) is 3. The maximum atomic E-state index is 9.99. The molecule has 0 rings (SSSR count). The van der Waals surface area contributed by atoms with Crippen molar-refractivity contribution in [2.45, 2.75) is 0 Å². The van der Waals surface area contributed by atoms with Crippen molar-refractivity contribution < 1.29 is 102 Å². The van der Waals surface area contributed by atoms with Gasteiger partial charge in [0, 0.05) is 39.3 Å². The van der Waals surface area contributed by atoms with Gasteiger partial charge in [-0.3, -0.25) is 26.7 Å². The monoisotopic (exact) mass is 767 g/mol. The number of hydrogen-bond donors (Lipinski definition) is 3. The Hall–Kier alpha value is -2.26. The molecule has 0 aromatic rings. The molecule has 0 fully saturated rings. The molecule has 0 unspecified atom stereocenters. The Balaban J connectivity index is -0.0000000671. The molecule has 0 radical (unpaired) electrons. The summed E-state index contributed by atoms with van der Waals surface area (Å²) in [6.45, 7) is -4.74. The van der Waals surface area contributed by atoms with Gasteiger partial charge in [-0.2, -0.15) is 0 Å². The van der Waals surface area contributed by atoms with Crippen molar-refractivity contribution >= 4 is 69.1 Å². The second-order valence-corrected chi connectivity index (χ2v) is 5.02. The fraction of sp³-hybridized carbons (Fsp3) is 0.462. The normalized spacial score (nSPS) is 8.29. The van der Waals surface area contributed by atoms with Gasteiger partial charge in [0.15, 0.2) is 0 Å². The molecule has 0 aliphatic carbocycles. The van der Waals surface area contributed by atoms with E-state index < -0.39 is 75.1 Å². The van der Waals surface area contributed by atoms with E-state index in [4.69, 9.17) is 0 Å². The number of hydrogen-bond acceptors (Lipinski definition) is 14. The minimum absolute atomic E-state index is 0. The number of carbonyl (C=O) groups excluding carboxylic acids is 6. The standard InChI is InChI=1S/2C6H9NO6.CH5N3.2H2O.Tl.Zr/c2*8-4(9)1-7(2-5(10)11)3-6(12)13;2-1(3)4;;;;/h2*1-3H2,(H,8,9)(H,10,11)(H,12,13);(H5,2,3,4);2*1H2;;/q;;;;;+3;+4/p-5. The Bertz CT molecular complexity index is 525. The first-order chi connectivity index (χ1) is 13.6. The molecule has 0 aliphatic rings.